The first kappa shape index (κ1) is 16.0. The average molecular weight is 269 g/mol. The van der Waals surface area contributed by atoms with Crippen LogP contribution in [0.15, 0.2) is 0 Å². The summed E-state index contributed by atoms with van der Waals surface area (Å²) in [5, 5.41) is 12.2. The summed E-state index contributed by atoms with van der Waals surface area (Å²) in [6.45, 7) is 9.10. The van der Waals surface area contributed by atoms with Crippen molar-refractivity contribution in [3.63, 3.8) is 0 Å². The lowest BCUT2D eigenvalue weighted by atomic mass is 9.78. The largest absolute Gasteiger partial charge is 0.481 e. The predicted molar refractivity (Wildman–Crippen MR) is 74.7 cm³/mol. The number of aliphatic carboxylic acids is 1. The van der Waals surface area contributed by atoms with Crippen molar-refractivity contribution in [2.75, 3.05) is 6.54 Å². The van der Waals surface area contributed by atoms with Gasteiger partial charge in [-0.3, -0.25) is 9.59 Å². The molecule has 0 aromatic heterocycles. The van der Waals surface area contributed by atoms with E-state index < -0.39 is 11.9 Å². The molecule has 110 valence electrons. The first-order valence-corrected chi connectivity index (χ1v) is 7.26. The van der Waals surface area contributed by atoms with E-state index in [9.17, 15) is 14.7 Å². The van der Waals surface area contributed by atoms with Gasteiger partial charge in [0.15, 0.2) is 0 Å². The average Bonchev–Trinajstić information content (AvgIpc) is 2.35. The predicted octanol–water partition coefficient (Wildman–Crippen LogP) is 2.68. The van der Waals surface area contributed by atoms with Gasteiger partial charge in [0.25, 0.3) is 0 Å². The fourth-order valence-corrected chi connectivity index (χ4v) is 2.39. The second kappa shape index (κ2) is 6.40. The maximum absolute atomic E-state index is 12.2. The SMILES string of the molecule is CC(C)C(C)(C)CNC(=O)C1CCCCC1C(=O)O. The Morgan fingerprint density at radius 3 is 2.21 bits per heavy atom. The van der Waals surface area contributed by atoms with E-state index in [-0.39, 0.29) is 17.2 Å². The first-order chi connectivity index (χ1) is 8.75. The maximum atomic E-state index is 12.2. The van der Waals surface area contributed by atoms with Crippen LogP contribution in [0.5, 0.6) is 0 Å². The molecule has 1 amide bonds. The molecule has 0 aromatic rings. The van der Waals surface area contributed by atoms with Crippen LogP contribution in [-0.4, -0.2) is 23.5 Å². The summed E-state index contributed by atoms with van der Waals surface area (Å²) in [5.41, 5.74) is 0.0308. The Hall–Kier alpha value is -1.06. The number of carboxylic acids is 1. The Balaban J connectivity index is 2.59. The van der Waals surface area contributed by atoms with Crippen molar-refractivity contribution in [2.45, 2.75) is 53.4 Å². The van der Waals surface area contributed by atoms with Gasteiger partial charge in [0, 0.05) is 6.54 Å². The first-order valence-electron chi connectivity index (χ1n) is 7.26. The lowest BCUT2D eigenvalue weighted by Crippen LogP contribution is -2.44. The van der Waals surface area contributed by atoms with Crippen LogP contribution in [0.25, 0.3) is 0 Å². The molecule has 0 spiro atoms. The van der Waals surface area contributed by atoms with E-state index in [4.69, 9.17) is 0 Å². The fourth-order valence-electron chi connectivity index (χ4n) is 2.39. The van der Waals surface area contributed by atoms with Gasteiger partial charge in [-0.15, -0.1) is 0 Å². The molecule has 2 N–H and O–H groups in total. The molecule has 0 radical (unpaired) electrons. The van der Waals surface area contributed by atoms with Crippen LogP contribution < -0.4 is 5.32 Å². The molecule has 1 saturated carbocycles. The fraction of sp³-hybridized carbons (Fsp3) is 0.867. The van der Waals surface area contributed by atoms with Gasteiger partial charge in [-0.05, 0) is 24.2 Å². The number of carbonyl (C=O) groups excluding carboxylic acids is 1. The third-order valence-corrected chi connectivity index (χ3v) is 4.70. The van der Waals surface area contributed by atoms with Crippen LogP contribution >= 0.6 is 0 Å². The second-order valence-corrected chi connectivity index (χ2v) is 6.70. The summed E-state index contributed by atoms with van der Waals surface area (Å²) in [4.78, 5) is 23.4. The Bertz CT molecular complexity index is 336. The highest BCUT2D eigenvalue weighted by Crippen LogP contribution is 2.31. The highest BCUT2D eigenvalue weighted by atomic mass is 16.4. The molecule has 0 saturated heterocycles. The van der Waals surface area contributed by atoms with Gasteiger partial charge in [-0.1, -0.05) is 40.5 Å². The molecular weight excluding hydrogens is 242 g/mol. The molecule has 1 aliphatic rings. The number of hydrogen-bond acceptors (Lipinski definition) is 2. The van der Waals surface area contributed by atoms with E-state index in [2.05, 4.69) is 33.0 Å². The minimum absolute atomic E-state index is 0.0308. The highest BCUT2D eigenvalue weighted by Gasteiger charge is 2.36. The molecule has 4 nitrogen and oxygen atoms in total. The zero-order valence-corrected chi connectivity index (χ0v) is 12.5. The molecule has 2 unspecified atom stereocenters. The van der Waals surface area contributed by atoms with Gasteiger partial charge in [0.1, 0.15) is 0 Å². The molecule has 4 heteroatoms. The van der Waals surface area contributed by atoms with Crippen LogP contribution in [0.4, 0.5) is 0 Å². The van der Waals surface area contributed by atoms with E-state index in [0.29, 0.717) is 25.3 Å². The van der Waals surface area contributed by atoms with E-state index in [1.807, 2.05) is 0 Å². The van der Waals surface area contributed by atoms with E-state index in [1.165, 1.54) is 0 Å². The van der Waals surface area contributed by atoms with Crippen molar-refractivity contribution >= 4 is 11.9 Å². The number of nitrogens with one attached hydrogen (secondary N) is 1. The zero-order valence-electron chi connectivity index (χ0n) is 12.5. The normalized spacial score (nSPS) is 24.3. The minimum atomic E-state index is -0.831. The van der Waals surface area contributed by atoms with Gasteiger partial charge in [0.2, 0.25) is 5.91 Å². The van der Waals surface area contributed by atoms with Crippen LogP contribution in [0.2, 0.25) is 0 Å². The number of hydrogen-bond donors (Lipinski definition) is 2. The Morgan fingerprint density at radius 1 is 1.21 bits per heavy atom. The standard InChI is InChI=1S/C15H27NO3/c1-10(2)15(3,4)9-16-13(17)11-7-5-6-8-12(11)14(18)19/h10-12H,5-9H2,1-4H3,(H,16,17)(H,18,19). The molecule has 1 fully saturated rings. The highest BCUT2D eigenvalue weighted by molar-refractivity contribution is 5.84. The van der Waals surface area contributed by atoms with Gasteiger partial charge >= 0.3 is 5.97 Å². The number of carboxylic acid groups (broad SMARTS) is 1. The van der Waals surface area contributed by atoms with Crippen LogP contribution in [-0.2, 0) is 9.59 Å². The molecule has 0 aromatic carbocycles. The molecule has 0 heterocycles. The topological polar surface area (TPSA) is 66.4 Å². The van der Waals surface area contributed by atoms with E-state index in [0.717, 1.165) is 12.8 Å². The van der Waals surface area contributed by atoms with Crippen molar-refractivity contribution < 1.29 is 14.7 Å². The molecule has 2 atom stereocenters. The van der Waals surface area contributed by atoms with Gasteiger partial charge in [-0.2, -0.15) is 0 Å². The van der Waals surface area contributed by atoms with E-state index >= 15 is 0 Å². The Morgan fingerprint density at radius 2 is 1.74 bits per heavy atom. The van der Waals surface area contributed by atoms with Crippen molar-refractivity contribution in [1.29, 1.82) is 0 Å². The monoisotopic (exact) mass is 269 g/mol. The number of rotatable bonds is 5. The van der Waals surface area contributed by atoms with E-state index in [1.54, 1.807) is 0 Å². The van der Waals surface area contributed by atoms with Crippen LogP contribution in [0.3, 0.4) is 0 Å². The summed E-state index contributed by atoms with van der Waals surface area (Å²) in [6, 6.07) is 0. The summed E-state index contributed by atoms with van der Waals surface area (Å²) < 4.78 is 0. The Labute approximate surface area is 116 Å². The second-order valence-electron chi connectivity index (χ2n) is 6.70. The molecule has 1 aliphatic carbocycles. The molecule has 19 heavy (non-hydrogen) atoms. The van der Waals surface area contributed by atoms with Crippen molar-refractivity contribution in [3.8, 4) is 0 Å². The molecule has 0 aliphatic heterocycles. The third-order valence-electron chi connectivity index (χ3n) is 4.70. The summed E-state index contributed by atoms with van der Waals surface area (Å²) in [6.07, 6.45) is 3.19. The van der Waals surface area contributed by atoms with Crippen molar-refractivity contribution in [1.82, 2.24) is 5.32 Å². The quantitative estimate of drug-likeness (QED) is 0.806. The van der Waals surface area contributed by atoms with Gasteiger partial charge < -0.3 is 10.4 Å². The summed E-state index contributed by atoms with van der Waals surface area (Å²) in [7, 11) is 0. The van der Waals surface area contributed by atoms with Crippen molar-refractivity contribution in [2.24, 2.45) is 23.2 Å². The van der Waals surface area contributed by atoms with Crippen molar-refractivity contribution in [3.05, 3.63) is 0 Å². The maximum Gasteiger partial charge on any atom is 0.307 e. The smallest absolute Gasteiger partial charge is 0.307 e. The summed E-state index contributed by atoms with van der Waals surface area (Å²) >= 11 is 0. The zero-order chi connectivity index (χ0) is 14.6. The molecule has 1 rings (SSSR count). The number of amides is 1. The number of carbonyl (C=O) groups is 2. The third kappa shape index (κ3) is 4.22. The van der Waals surface area contributed by atoms with Gasteiger partial charge in [-0.25, -0.2) is 0 Å². The Kier molecular flexibility index (Phi) is 5.39. The van der Waals surface area contributed by atoms with Gasteiger partial charge in [0.05, 0.1) is 11.8 Å². The molecular formula is C15H27NO3. The minimum Gasteiger partial charge on any atom is -0.481 e. The van der Waals surface area contributed by atoms with Crippen LogP contribution in [0, 0.1) is 23.2 Å². The summed E-state index contributed by atoms with van der Waals surface area (Å²) in [5.74, 6) is -1.30. The molecule has 0 bridgehead atoms. The lowest BCUT2D eigenvalue weighted by Gasteiger charge is -2.32. The van der Waals surface area contributed by atoms with Crippen LogP contribution in [0.1, 0.15) is 53.4 Å². The lowest BCUT2D eigenvalue weighted by molar-refractivity contribution is -0.149.